The van der Waals surface area contributed by atoms with Crippen LogP contribution in [0.15, 0.2) is 0 Å². The molecule has 122 valence electrons. The summed E-state index contributed by atoms with van der Waals surface area (Å²) in [6.45, 7) is 6.58. The van der Waals surface area contributed by atoms with Gasteiger partial charge < -0.3 is 20.5 Å². The van der Waals surface area contributed by atoms with E-state index in [-0.39, 0.29) is 18.1 Å². The Morgan fingerprint density at radius 3 is 2.71 bits per heavy atom. The van der Waals surface area contributed by atoms with Crippen LogP contribution < -0.4 is 11.1 Å². The molecule has 0 bridgehead atoms. The van der Waals surface area contributed by atoms with Crippen LogP contribution in [0.1, 0.15) is 52.4 Å². The van der Waals surface area contributed by atoms with Gasteiger partial charge in [0.25, 0.3) is 0 Å². The molecule has 1 aliphatic heterocycles. The molecular formula is C16H30N2O3. The summed E-state index contributed by atoms with van der Waals surface area (Å²) >= 11 is 0. The van der Waals surface area contributed by atoms with E-state index in [4.69, 9.17) is 15.2 Å². The largest absolute Gasteiger partial charge is 0.381 e. The van der Waals surface area contributed by atoms with E-state index < -0.39 is 5.54 Å². The zero-order valence-corrected chi connectivity index (χ0v) is 13.4. The third-order valence-electron chi connectivity index (χ3n) is 4.65. The van der Waals surface area contributed by atoms with Crippen molar-refractivity contribution in [3.63, 3.8) is 0 Å². The van der Waals surface area contributed by atoms with Gasteiger partial charge in [0.15, 0.2) is 0 Å². The van der Waals surface area contributed by atoms with Crippen LogP contribution in [0.25, 0.3) is 0 Å². The van der Waals surface area contributed by atoms with E-state index in [0.717, 1.165) is 51.9 Å². The highest BCUT2D eigenvalue weighted by Gasteiger charge is 2.42. The molecule has 21 heavy (non-hydrogen) atoms. The van der Waals surface area contributed by atoms with Crippen LogP contribution in [-0.2, 0) is 14.3 Å². The zero-order chi connectivity index (χ0) is 15.3. The second kappa shape index (κ2) is 7.56. The Balaban J connectivity index is 1.87. The molecule has 2 aliphatic rings. The van der Waals surface area contributed by atoms with Gasteiger partial charge in [-0.1, -0.05) is 0 Å². The van der Waals surface area contributed by atoms with Crippen LogP contribution >= 0.6 is 0 Å². The molecule has 1 heterocycles. The number of carbonyl (C=O) groups excluding carboxylic acids is 1. The molecule has 0 aromatic carbocycles. The topological polar surface area (TPSA) is 73.6 Å². The Bertz CT molecular complexity index is 342. The molecule has 1 saturated carbocycles. The summed E-state index contributed by atoms with van der Waals surface area (Å²) in [6.07, 6.45) is 5.83. The third kappa shape index (κ3) is 4.66. The predicted molar refractivity (Wildman–Crippen MR) is 81.9 cm³/mol. The maximum atomic E-state index is 12.0. The first-order valence-corrected chi connectivity index (χ1v) is 8.29. The number of nitrogens with one attached hydrogen (secondary N) is 1. The lowest BCUT2D eigenvalue weighted by Crippen LogP contribution is -2.60. The SMILES string of the molecule is CC(C)NC1(C(N)=O)CCCC(OCC2CCOCC2)C1. The standard InChI is InChI=1S/C16H30N2O3/c1-12(2)18-16(15(17)19)7-3-4-14(10-16)21-11-13-5-8-20-9-6-13/h12-14,18H,3-11H2,1-2H3,(H2,17,19). The van der Waals surface area contributed by atoms with Crippen molar-refractivity contribution >= 4 is 5.91 Å². The molecule has 5 nitrogen and oxygen atoms in total. The summed E-state index contributed by atoms with van der Waals surface area (Å²) in [6, 6.07) is 0.242. The highest BCUT2D eigenvalue weighted by molar-refractivity contribution is 5.84. The van der Waals surface area contributed by atoms with E-state index in [1.807, 2.05) is 0 Å². The van der Waals surface area contributed by atoms with Crippen molar-refractivity contribution in [3.8, 4) is 0 Å². The van der Waals surface area contributed by atoms with Gasteiger partial charge in [-0.2, -0.15) is 0 Å². The van der Waals surface area contributed by atoms with Crippen molar-refractivity contribution in [2.24, 2.45) is 11.7 Å². The van der Waals surface area contributed by atoms with Crippen molar-refractivity contribution in [1.82, 2.24) is 5.32 Å². The molecule has 2 fully saturated rings. The van der Waals surface area contributed by atoms with Crippen LogP contribution in [0.3, 0.4) is 0 Å². The highest BCUT2D eigenvalue weighted by Crippen LogP contribution is 2.31. The molecular weight excluding hydrogens is 268 g/mol. The van der Waals surface area contributed by atoms with E-state index in [9.17, 15) is 4.79 Å². The number of hydrogen-bond donors (Lipinski definition) is 2. The molecule has 2 atom stereocenters. The van der Waals surface area contributed by atoms with Crippen LogP contribution in [0, 0.1) is 5.92 Å². The lowest BCUT2D eigenvalue weighted by atomic mass is 9.79. The normalized spacial score (nSPS) is 31.5. The summed E-state index contributed by atoms with van der Waals surface area (Å²) in [5.74, 6) is 0.359. The average Bonchev–Trinajstić information content (AvgIpc) is 2.46. The Hall–Kier alpha value is -0.650. The molecule has 1 aliphatic carbocycles. The Labute approximate surface area is 127 Å². The first-order chi connectivity index (χ1) is 10.0. The molecule has 0 spiro atoms. The molecule has 1 saturated heterocycles. The number of nitrogens with two attached hydrogens (primary N) is 1. The average molecular weight is 298 g/mol. The molecule has 2 rings (SSSR count). The first kappa shape index (κ1) is 16.7. The zero-order valence-electron chi connectivity index (χ0n) is 13.4. The molecule has 0 aromatic rings. The third-order valence-corrected chi connectivity index (χ3v) is 4.65. The molecule has 5 heteroatoms. The van der Waals surface area contributed by atoms with Crippen molar-refractivity contribution in [1.29, 1.82) is 0 Å². The number of primary amides is 1. The molecule has 0 radical (unpaired) electrons. The number of ether oxygens (including phenoxy) is 2. The van der Waals surface area contributed by atoms with Crippen LogP contribution in [0.2, 0.25) is 0 Å². The molecule has 3 N–H and O–H groups in total. The van der Waals surface area contributed by atoms with E-state index in [0.29, 0.717) is 12.3 Å². The number of rotatable bonds is 6. The number of carbonyl (C=O) groups is 1. The maximum Gasteiger partial charge on any atom is 0.237 e. The van der Waals surface area contributed by atoms with Gasteiger partial charge in [0.1, 0.15) is 5.54 Å². The van der Waals surface area contributed by atoms with Crippen molar-refractivity contribution < 1.29 is 14.3 Å². The fraction of sp³-hybridized carbons (Fsp3) is 0.938. The number of hydrogen-bond acceptors (Lipinski definition) is 4. The van der Waals surface area contributed by atoms with Gasteiger partial charge in [0.2, 0.25) is 5.91 Å². The van der Waals surface area contributed by atoms with Crippen LogP contribution in [-0.4, -0.2) is 43.4 Å². The predicted octanol–water partition coefficient (Wildman–Crippen LogP) is 1.59. The molecule has 1 amide bonds. The van der Waals surface area contributed by atoms with E-state index in [1.54, 1.807) is 0 Å². The van der Waals surface area contributed by atoms with Crippen molar-refractivity contribution in [3.05, 3.63) is 0 Å². The minimum Gasteiger partial charge on any atom is -0.381 e. The minimum atomic E-state index is -0.591. The lowest BCUT2D eigenvalue weighted by Gasteiger charge is -2.40. The molecule has 0 aromatic heterocycles. The summed E-state index contributed by atoms with van der Waals surface area (Å²) in [7, 11) is 0. The minimum absolute atomic E-state index is 0.139. The van der Waals surface area contributed by atoms with Gasteiger partial charge in [-0.25, -0.2) is 0 Å². The second-order valence-corrected chi connectivity index (χ2v) is 6.85. The fourth-order valence-corrected chi connectivity index (χ4v) is 3.53. The van der Waals surface area contributed by atoms with Gasteiger partial charge in [-0.15, -0.1) is 0 Å². The van der Waals surface area contributed by atoms with E-state index in [1.165, 1.54) is 0 Å². The highest BCUT2D eigenvalue weighted by atomic mass is 16.5. The summed E-state index contributed by atoms with van der Waals surface area (Å²) in [5, 5.41) is 3.39. The van der Waals surface area contributed by atoms with Gasteiger partial charge >= 0.3 is 0 Å². The van der Waals surface area contributed by atoms with Gasteiger partial charge in [-0.05, 0) is 51.9 Å². The maximum absolute atomic E-state index is 12.0. The van der Waals surface area contributed by atoms with Gasteiger partial charge in [0, 0.05) is 32.3 Å². The van der Waals surface area contributed by atoms with Crippen molar-refractivity contribution in [2.75, 3.05) is 19.8 Å². The second-order valence-electron chi connectivity index (χ2n) is 6.85. The lowest BCUT2D eigenvalue weighted by molar-refractivity contribution is -0.129. The van der Waals surface area contributed by atoms with Gasteiger partial charge in [0.05, 0.1) is 6.10 Å². The summed E-state index contributed by atoms with van der Waals surface area (Å²) < 4.78 is 11.5. The van der Waals surface area contributed by atoms with Crippen LogP contribution in [0.4, 0.5) is 0 Å². The monoisotopic (exact) mass is 298 g/mol. The quantitative estimate of drug-likeness (QED) is 0.781. The van der Waals surface area contributed by atoms with E-state index >= 15 is 0 Å². The van der Waals surface area contributed by atoms with E-state index in [2.05, 4.69) is 19.2 Å². The summed E-state index contributed by atoms with van der Waals surface area (Å²) in [5.41, 5.74) is 5.09. The Morgan fingerprint density at radius 1 is 1.38 bits per heavy atom. The molecule has 2 unspecified atom stereocenters. The number of amides is 1. The fourth-order valence-electron chi connectivity index (χ4n) is 3.53. The van der Waals surface area contributed by atoms with Gasteiger partial charge in [-0.3, -0.25) is 4.79 Å². The summed E-state index contributed by atoms with van der Waals surface area (Å²) in [4.78, 5) is 12.0. The van der Waals surface area contributed by atoms with Crippen LogP contribution in [0.5, 0.6) is 0 Å². The first-order valence-electron chi connectivity index (χ1n) is 8.29. The Morgan fingerprint density at radius 2 is 2.10 bits per heavy atom. The smallest absolute Gasteiger partial charge is 0.237 e. The van der Waals surface area contributed by atoms with Crippen molar-refractivity contribution in [2.45, 2.75) is 70.1 Å². The Kier molecular flexibility index (Phi) is 6.02.